The van der Waals surface area contributed by atoms with E-state index in [4.69, 9.17) is 27.9 Å². The number of nitrogens with one attached hydrogen (secondary N) is 1. The third kappa shape index (κ3) is 4.25. The lowest BCUT2D eigenvalue weighted by Gasteiger charge is -2.22. The van der Waals surface area contributed by atoms with E-state index in [-0.39, 0.29) is 12.0 Å². The summed E-state index contributed by atoms with van der Waals surface area (Å²) in [4.78, 5) is 12.3. The summed E-state index contributed by atoms with van der Waals surface area (Å²) in [5.41, 5.74) is 0.949. The Hall–Kier alpha value is -1.56. The van der Waals surface area contributed by atoms with Crippen LogP contribution in [0, 0.1) is 0 Å². The van der Waals surface area contributed by atoms with Gasteiger partial charge in [0.05, 0.1) is 35.1 Å². The van der Waals surface area contributed by atoms with Crippen LogP contribution in [0.1, 0.15) is 29.6 Å². The highest BCUT2D eigenvalue weighted by Gasteiger charge is 2.16. The van der Waals surface area contributed by atoms with E-state index in [2.05, 4.69) is 10.4 Å². The van der Waals surface area contributed by atoms with Crippen molar-refractivity contribution in [3.8, 4) is 0 Å². The smallest absolute Gasteiger partial charge is 0.257 e. The van der Waals surface area contributed by atoms with Crippen LogP contribution in [0.3, 0.4) is 0 Å². The number of halogens is 2. The summed E-state index contributed by atoms with van der Waals surface area (Å²) in [5.74, 6) is -0.314. The van der Waals surface area contributed by atoms with Crippen molar-refractivity contribution in [2.24, 2.45) is 0 Å². The predicted octanol–water partition coefficient (Wildman–Crippen LogP) is 4.01. The first-order valence-electron chi connectivity index (χ1n) is 7.52. The van der Waals surface area contributed by atoms with Crippen molar-refractivity contribution in [2.75, 3.05) is 11.9 Å². The first-order chi connectivity index (χ1) is 11.1. The minimum atomic E-state index is -0.314. The summed E-state index contributed by atoms with van der Waals surface area (Å²) < 4.78 is 7.47. The van der Waals surface area contributed by atoms with E-state index in [1.54, 1.807) is 35.3 Å². The Morgan fingerprint density at radius 3 is 3.04 bits per heavy atom. The third-order valence-corrected chi connectivity index (χ3v) is 4.29. The highest BCUT2D eigenvalue weighted by molar-refractivity contribution is 6.36. The number of nitrogens with zero attached hydrogens (tertiary/aromatic N) is 2. The van der Waals surface area contributed by atoms with Gasteiger partial charge in [-0.15, -0.1) is 0 Å². The van der Waals surface area contributed by atoms with Crippen LogP contribution in [0.2, 0.25) is 10.0 Å². The van der Waals surface area contributed by atoms with Crippen molar-refractivity contribution in [1.29, 1.82) is 0 Å². The van der Waals surface area contributed by atoms with E-state index < -0.39 is 0 Å². The summed E-state index contributed by atoms with van der Waals surface area (Å²) in [5, 5.41) is 7.86. The Morgan fingerprint density at radius 1 is 1.39 bits per heavy atom. The molecule has 0 bridgehead atoms. The van der Waals surface area contributed by atoms with Crippen LogP contribution in [-0.2, 0) is 11.3 Å². The quantitative estimate of drug-likeness (QED) is 0.903. The number of aromatic nitrogens is 2. The van der Waals surface area contributed by atoms with Crippen molar-refractivity contribution < 1.29 is 9.53 Å². The molecule has 2 aromatic rings. The molecule has 122 valence electrons. The van der Waals surface area contributed by atoms with Gasteiger partial charge in [-0.1, -0.05) is 23.2 Å². The van der Waals surface area contributed by atoms with Crippen LogP contribution in [0.15, 0.2) is 30.6 Å². The average molecular weight is 354 g/mol. The number of anilines is 1. The molecule has 5 nitrogen and oxygen atoms in total. The van der Waals surface area contributed by atoms with Gasteiger partial charge in [0, 0.05) is 17.8 Å². The van der Waals surface area contributed by atoms with Crippen LogP contribution in [-0.4, -0.2) is 28.4 Å². The maximum absolute atomic E-state index is 12.3. The summed E-state index contributed by atoms with van der Waals surface area (Å²) in [6.45, 7) is 1.50. The molecule has 2 heterocycles. The molecule has 1 fully saturated rings. The van der Waals surface area contributed by atoms with E-state index in [9.17, 15) is 4.79 Å². The highest BCUT2D eigenvalue weighted by Crippen LogP contribution is 2.22. The van der Waals surface area contributed by atoms with Gasteiger partial charge in [-0.25, -0.2) is 0 Å². The fourth-order valence-electron chi connectivity index (χ4n) is 2.56. The van der Waals surface area contributed by atoms with Gasteiger partial charge in [0.1, 0.15) is 0 Å². The van der Waals surface area contributed by atoms with Crippen molar-refractivity contribution in [2.45, 2.75) is 31.9 Å². The van der Waals surface area contributed by atoms with E-state index in [0.29, 0.717) is 27.8 Å². The number of hydrogen-bond donors (Lipinski definition) is 1. The first-order valence-corrected chi connectivity index (χ1v) is 8.28. The van der Waals surface area contributed by atoms with Crippen LogP contribution in [0.25, 0.3) is 0 Å². The van der Waals surface area contributed by atoms with Crippen molar-refractivity contribution in [3.05, 3.63) is 46.2 Å². The van der Waals surface area contributed by atoms with E-state index >= 15 is 0 Å². The summed E-state index contributed by atoms with van der Waals surface area (Å²) in [6.07, 6.45) is 6.93. The average Bonchev–Trinajstić information content (AvgIpc) is 2.97. The van der Waals surface area contributed by atoms with Gasteiger partial charge >= 0.3 is 0 Å². The van der Waals surface area contributed by atoms with Crippen molar-refractivity contribution in [3.63, 3.8) is 0 Å². The van der Waals surface area contributed by atoms with E-state index in [0.717, 1.165) is 19.4 Å². The summed E-state index contributed by atoms with van der Waals surface area (Å²) >= 11 is 11.9. The maximum atomic E-state index is 12.3. The normalized spacial score (nSPS) is 17.9. The van der Waals surface area contributed by atoms with E-state index in [1.807, 2.05) is 0 Å². The molecule has 1 N–H and O–H groups in total. The lowest BCUT2D eigenvalue weighted by molar-refractivity contribution is 0.00401. The third-order valence-electron chi connectivity index (χ3n) is 3.73. The Labute approximate surface area is 144 Å². The molecule has 1 atom stereocenters. The molecular formula is C16H17Cl2N3O2. The maximum Gasteiger partial charge on any atom is 0.257 e. The molecule has 1 saturated heterocycles. The van der Waals surface area contributed by atoms with Crippen molar-refractivity contribution in [1.82, 2.24) is 9.78 Å². The van der Waals surface area contributed by atoms with Gasteiger partial charge in [0.25, 0.3) is 5.91 Å². The zero-order chi connectivity index (χ0) is 16.2. The van der Waals surface area contributed by atoms with Gasteiger partial charge in [-0.2, -0.15) is 5.10 Å². The topological polar surface area (TPSA) is 56.2 Å². The minimum Gasteiger partial charge on any atom is -0.376 e. The first kappa shape index (κ1) is 16.3. The lowest BCUT2D eigenvalue weighted by Crippen LogP contribution is -2.24. The molecule has 1 aliphatic rings. The number of amides is 1. The number of hydrogen-bond acceptors (Lipinski definition) is 3. The number of benzene rings is 1. The Morgan fingerprint density at radius 2 is 2.26 bits per heavy atom. The van der Waals surface area contributed by atoms with Gasteiger partial charge in [-0.05, 0) is 37.5 Å². The van der Waals surface area contributed by atoms with Gasteiger partial charge in [0.2, 0.25) is 0 Å². The molecular weight excluding hydrogens is 337 g/mol. The largest absolute Gasteiger partial charge is 0.376 e. The zero-order valence-corrected chi connectivity index (χ0v) is 14.0. The fourth-order valence-corrected chi connectivity index (χ4v) is 2.93. The molecule has 1 amide bonds. The van der Waals surface area contributed by atoms with Crippen molar-refractivity contribution >= 4 is 34.8 Å². The Bertz CT molecular complexity index is 696. The van der Waals surface area contributed by atoms with Crippen LogP contribution in [0.5, 0.6) is 0 Å². The molecule has 7 heteroatoms. The number of carbonyl (C=O) groups is 1. The predicted molar refractivity (Wildman–Crippen MR) is 90.2 cm³/mol. The fraction of sp³-hybridized carbons (Fsp3) is 0.375. The molecule has 0 aliphatic carbocycles. The van der Waals surface area contributed by atoms with Gasteiger partial charge in [0.15, 0.2) is 0 Å². The van der Waals surface area contributed by atoms with Crippen LogP contribution < -0.4 is 5.32 Å². The lowest BCUT2D eigenvalue weighted by atomic mass is 10.1. The molecule has 1 aromatic heterocycles. The van der Waals surface area contributed by atoms with Crippen LogP contribution in [0.4, 0.5) is 5.69 Å². The second-order valence-corrected chi connectivity index (χ2v) is 6.36. The second kappa shape index (κ2) is 7.34. The summed E-state index contributed by atoms with van der Waals surface area (Å²) in [6, 6.07) is 4.78. The Balaban J connectivity index is 1.64. The molecule has 23 heavy (non-hydrogen) atoms. The standard InChI is InChI=1S/C16H17Cl2N3O2/c17-11-4-5-15(18)14(7-11)16(22)20-12-8-19-21(9-12)10-13-3-1-2-6-23-13/h4-5,7-9,13H,1-3,6,10H2,(H,20,22). The van der Waals surface area contributed by atoms with Gasteiger partial charge in [-0.3, -0.25) is 9.48 Å². The Kier molecular flexibility index (Phi) is 5.20. The molecule has 0 saturated carbocycles. The molecule has 0 radical (unpaired) electrons. The van der Waals surface area contributed by atoms with E-state index in [1.165, 1.54) is 6.42 Å². The van der Waals surface area contributed by atoms with Crippen LogP contribution >= 0.6 is 23.2 Å². The SMILES string of the molecule is O=C(Nc1cnn(CC2CCCCO2)c1)c1cc(Cl)ccc1Cl. The number of ether oxygens (including phenoxy) is 1. The molecule has 1 aliphatic heterocycles. The molecule has 0 spiro atoms. The molecule has 1 unspecified atom stereocenters. The number of carbonyl (C=O) groups excluding carboxylic acids is 1. The van der Waals surface area contributed by atoms with Gasteiger partial charge < -0.3 is 10.1 Å². The summed E-state index contributed by atoms with van der Waals surface area (Å²) in [7, 11) is 0. The number of rotatable bonds is 4. The molecule has 1 aromatic carbocycles. The minimum absolute atomic E-state index is 0.189. The monoisotopic (exact) mass is 353 g/mol. The zero-order valence-electron chi connectivity index (χ0n) is 12.5. The second-order valence-electron chi connectivity index (χ2n) is 5.52. The molecule has 3 rings (SSSR count). The highest BCUT2D eigenvalue weighted by atomic mass is 35.5.